The Morgan fingerprint density at radius 2 is 2.05 bits per heavy atom. The van der Waals surface area contributed by atoms with Crippen LogP contribution in [0.5, 0.6) is 0 Å². The smallest absolute Gasteiger partial charge is 0.0909 e. The Morgan fingerprint density at radius 1 is 1.32 bits per heavy atom. The Morgan fingerprint density at radius 3 is 2.68 bits per heavy atom. The summed E-state index contributed by atoms with van der Waals surface area (Å²) in [6, 6.07) is 4.57. The number of nitrogens with zero attached hydrogens (tertiary/aromatic N) is 2. The van der Waals surface area contributed by atoms with Gasteiger partial charge in [0.1, 0.15) is 0 Å². The highest BCUT2D eigenvalue weighted by Gasteiger charge is 2.27. The summed E-state index contributed by atoms with van der Waals surface area (Å²) >= 11 is 0. The summed E-state index contributed by atoms with van der Waals surface area (Å²) in [7, 11) is 2.05. The average molecular weight is 302 g/mol. The van der Waals surface area contributed by atoms with E-state index in [0.29, 0.717) is 5.92 Å². The Labute approximate surface area is 135 Å². The molecule has 1 aliphatic heterocycles. The molecule has 1 heterocycles. The molecule has 1 aromatic rings. The van der Waals surface area contributed by atoms with Crippen molar-refractivity contribution < 1.29 is 4.74 Å². The van der Waals surface area contributed by atoms with Crippen molar-refractivity contribution in [1.29, 1.82) is 0 Å². The predicted molar refractivity (Wildman–Crippen MR) is 94.1 cm³/mol. The van der Waals surface area contributed by atoms with Crippen LogP contribution in [0.4, 0.5) is 5.69 Å². The average Bonchev–Trinajstić information content (AvgIpc) is 2.54. The van der Waals surface area contributed by atoms with Crippen LogP contribution < -0.4 is 0 Å². The first kappa shape index (κ1) is 17.0. The van der Waals surface area contributed by atoms with Gasteiger partial charge in [-0.05, 0) is 48.9 Å². The number of ether oxygens (including phenoxy) is 1. The molecule has 0 aromatic heterocycles. The van der Waals surface area contributed by atoms with E-state index in [9.17, 15) is 0 Å². The van der Waals surface area contributed by atoms with Crippen molar-refractivity contribution in [1.82, 2.24) is 4.90 Å². The van der Waals surface area contributed by atoms with Crippen LogP contribution in [0.2, 0.25) is 0 Å². The fraction of sp³-hybridized carbons (Fsp3) is 0.632. The predicted octanol–water partition coefficient (Wildman–Crippen LogP) is 4.66. The van der Waals surface area contributed by atoms with Gasteiger partial charge in [0.25, 0.3) is 0 Å². The maximum absolute atomic E-state index is 6.11. The van der Waals surface area contributed by atoms with E-state index in [1.54, 1.807) is 0 Å². The molecule has 3 nitrogen and oxygen atoms in total. The largest absolute Gasteiger partial charge is 0.373 e. The lowest BCUT2D eigenvalue weighted by molar-refractivity contribution is -0.00150. The number of rotatable bonds is 6. The molecule has 1 unspecified atom stereocenters. The molecule has 0 spiro atoms. The van der Waals surface area contributed by atoms with Crippen molar-refractivity contribution in [3.05, 3.63) is 28.8 Å². The molecular formula is C19H30N2O. The summed E-state index contributed by atoms with van der Waals surface area (Å²) in [5.41, 5.74) is 5.13. The van der Waals surface area contributed by atoms with Gasteiger partial charge in [-0.1, -0.05) is 32.8 Å². The molecule has 0 saturated heterocycles. The zero-order chi connectivity index (χ0) is 16.1. The standard InChI is InChI=1S/C19H30N2O/c1-6-15(7-2)19-17-11-14(4)18(20-13-21(5)8-3)12-16(17)9-10-22-19/h11-13,15,19H,6-10H2,1-5H3/b20-13+. The van der Waals surface area contributed by atoms with Gasteiger partial charge >= 0.3 is 0 Å². The van der Waals surface area contributed by atoms with Gasteiger partial charge in [-0.3, -0.25) is 0 Å². The van der Waals surface area contributed by atoms with E-state index >= 15 is 0 Å². The van der Waals surface area contributed by atoms with E-state index in [-0.39, 0.29) is 6.10 Å². The number of hydrogen-bond donors (Lipinski definition) is 0. The van der Waals surface area contributed by atoms with Crippen LogP contribution >= 0.6 is 0 Å². The number of hydrogen-bond acceptors (Lipinski definition) is 2. The maximum atomic E-state index is 6.11. The Kier molecular flexibility index (Phi) is 6.01. The summed E-state index contributed by atoms with van der Waals surface area (Å²) in [5.74, 6) is 0.610. The second-order valence-corrected chi connectivity index (χ2v) is 6.27. The van der Waals surface area contributed by atoms with Crippen molar-refractivity contribution in [2.45, 2.75) is 53.1 Å². The molecule has 0 amide bonds. The normalized spacial score (nSPS) is 18.0. The second-order valence-electron chi connectivity index (χ2n) is 6.27. The quantitative estimate of drug-likeness (QED) is 0.564. The molecular weight excluding hydrogens is 272 g/mol. The van der Waals surface area contributed by atoms with E-state index in [1.807, 2.05) is 13.4 Å². The molecule has 0 saturated carbocycles. The van der Waals surface area contributed by atoms with E-state index in [4.69, 9.17) is 4.74 Å². The van der Waals surface area contributed by atoms with Gasteiger partial charge in [0, 0.05) is 13.6 Å². The molecule has 0 bridgehead atoms. The zero-order valence-electron chi connectivity index (χ0n) is 14.7. The minimum Gasteiger partial charge on any atom is -0.373 e. The number of aliphatic imine (C=N–C) groups is 1. The van der Waals surface area contributed by atoms with Gasteiger partial charge in [-0.15, -0.1) is 0 Å². The van der Waals surface area contributed by atoms with Gasteiger partial charge in [0.2, 0.25) is 0 Å². The highest BCUT2D eigenvalue weighted by molar-refractivity contribution is 5.64. The summed E-state index contributed by atoms with van der Waals surface area (Å²) < 4.78 is 6.11. The van der Waals surface area contributed by atoms with Crippen molar-refractivity contribution in [3.8, 4) is 0 Å². The molecule has 0 N–H and O–H groups in total. The van der Waals surface area contributed by atoms with E-state index in [0.717, 1.165) is 25.3 Å². The van der Waals surface area contributed by atoms with Crippen LogP contribution in [0.25, 0.3) is 0 Å². The monoisotopic (exact) mass is 302 g/mol. The van der Waals surface area contributed by atoms with Gasteiger partial charge in [-0.25, -0.2) is 4.99 Å². The molecule has 0 radical (unpaired) electrons. The maximum Gasteiger partial charge on any atom is 0.0909 e. The number of fused-ring (bicyclic) bond motifs is 1. The topological polar surface area (TPSA) is 24.8 Å². The first-order valence-electron chi connectivity index (χ1n) is 8.60. The third-order valence-electron chi connectivity index (χ3n) is 4.80. The fourth-order valence-electron chi connectivity index (χ4n) is 3.12. The van der Waals surface area contributed by atoms with Gasteiger partial charge in [0.15, 0.2) is 0 Å². The van der Waals surface area contributed by atoms with Crippen molar-refractivity contribution in [2.24, 2.45) is 10.9 Å². The summed E-state index contributed by atoms with van der Waals surface area (Å²) in [5, 5.41) is 0. The Balaban J connectivity index is 2.32. The SMILES string of the molecule is CCC(CC)C1OCCc2cc(/N=C/N(C)CC)c(C)cc21. The summed E-state index contributed by atoms with van der Waals surface area (Å²) in [4.78, 5) is 6.75. The summed E-state index contributed by atoms with van der Waals surface area (Å²) in [6.07, 6.45) is 5.51. The van der Waals surface area contributed by atoms with Crippen LogP contribution in [0.1, 0.15) is 56.4 Å². The lowest BCUT2D eigenvalue weighted by Crippen LogP contribution is -2.23. The first-order valence-corrected chi connectivity index (χ1v) is 8.60. The Bertz CT molecular complexity index is 520. The van der Waals surface area contributed by atoms with Crippen molar-refractivity contribution in [2.75, 3.05) is 20.2 Å². The summed E-state index contributed by atoms with van der Waals surface area (Å²) in [6.45, 7) is 10.6. The van der Waals surface area contributed by atoms with Gasteiger partial charge < -0.3 is 9.64 Å². The molecule has 122 valence electrons. The van der Waals surface area contributed by atoms with Crippen LogP contribution in [0, 0.1) is 12.8 Å². The highest BCUT2D eigenvalue weighted by atomic mass is 16.5. The number of aryl methyl sites for hydroxylation is 1. The van der Waals surface area contributed by atoms with Crippen LogP contribution in [0.15, 0.2) is 17.1 Å². The molecule has 1 aliphatic rings. The van der Waals surface area contributed by atoms with Crippen LogP contribution in [-0.2, 0) is 11.2 Å². The second kappa shape index (κ2) is 7.77. The minimum atomic E-state index is 0.258. The van der Waals surface area contributed by atoms with E-state index in [2.05, 4.69) is 49.7 Å². The lowest BCUT2D eigenvalue weighted by atomic mass is 9.85. The minimum absolute atomic E-state index is 0.258. The molecule has 22 heavy (non-hydrogen) atoms. The van der Waals surface area contributed by atoms with Crippen LogP contribution in [-0.4, -0.2) is 31.4 Å². The molecule has 2 rings (SSSR count). The zero-order valence-corrected chi connectivity index (χ0v) is 14.7. The van der Waals surface area contributed by atoms with Crippen LogP contribution in [0.3, 0.4) is 0 Å². The number of benzene rings is 1. The molecule has 0 fully saturated rings. The van der Waals surface area contributed by atoms with Gasteiger partial charge in [-0.2, -0.15) is 0 Å². The van der Waals surface area contributed by atoms with Gasteiger partial charge in [0.05, 0.1) is 24.7 Å². The molecule has 1 aromatic carbocycles. The van der Waals surface area contributed by atoms with E-state index in [1.165, 1.54) is 29.5 Å². The molecule has 0 aliphatic carbocycles. The van der Waals surface area contributed by atoms with Crippen molar-refractivity contribution in [3.63, 3.8) is 0 Å². The molecule has 3 heteroatoms. The van der Waals surface area contributed by atoms with E-state index < -0.39 is 0 Å². The molecule has 1 atom stereocenters. The Hall–Kier alpha value is -1.35. The third-order valence-corrected chi connectivity index (χ3v) is 4.80. The first-order chi connectivity index (χ1) is 10.6. The fourth-order valence-corrected chi connectivity index (χ4v) is 3.12. The third kappa shape index (κ3) is 3.70. The highest BCUT2D eigenvalue weighted by Crippen LogP contribution is 2.38. The lowest BCUT2D eigenvalue weighted by Gasteiger charge is -2.32. The van der Waals surface area contributed by atoms with Crippen molar-refractivity contribution >= 4 is 12.0 Å².